The van der Waals surface area contributed by atoms with Crippen LogP contribution in [0, 0.1) is 5.39 Å². The molecule has 17 heavy (non-hydrogen) atoms. The van der Waals surface area contributed by atoms with E-state index in [1.54, 1.807) is 5.32 Å². The highest BCUT2D eigenvalue weighted by molar-refractivity contribution is 5.81. The molecule has 0 atom stereocenters. The first-order valence-corrected chi connectivity index (χ1v) is 4.95. The number of aliphatic hydroxyl groups excluding tert-OH is 1. The fourth-order valence-corrected chi connectivity index (χ4v) is 1.04. The number of amides is 1. The molecule has 0 aromatic carbocycles. The lowest BCUT2D eigenvalue weighted by Crippen LogP contribution is -2.37. The fourth-order valence-electron chi connectivity index (χ4n) is 1.04. The number of hydrogen-bond donors (Lipinski definition) is 2. The Hall–Kier alpha value is -1.78. The van der Waals surface area contributed by atoms with Gasteiger partial charge in [0.1, 0.15) is 0 Å². The van der Waals surface area contributed by atoms with E-state index in [4.69, 9.17) is 10.5 Å². The van der Waals surface area contributed by atoms with Crippen LogP contribution in [0.15, 0.2) is 12.0 Å². The van der Waals surface area contributed by atoms with E-state index in [-0.39, 0.29) is 18.7 Å². The first-order chi connectivity index (χ1) is 7.88. The lowest BCUT2D eigenvalue weighted by Gasteiger charge is -2.07. The molecule has 0 saturated heterocycles. The highest BCUT2D eigenvalue weighted by atomic mass is 19.4. The predicted octanol–water partition coefficient (Wildman–Crippen LogP) is 2.48. The van der Waals surface area contributed by atoms with E-state index in [1.807, 2.05) is 0 Å². The lowest BCUT2D eigenvalue weighted by molar-refractivity contribution is -0.173. The van der Waals surface area contributed by atoms with Gasteiger partial charge in [0.05, 0.1) is 0 Å². The van der Waals surface area contributed by atoms with E-state index in [0.29, 0.717) is 19.3 Å². The molecule has 0 aromatic heterocycles. The molecule has 8 heteroatoms. The van der Waals surface area contributed by atoms with Crippen molar-refractivity contribution >= 4 is 5.91 Å². The predicted molar refractivity (Wildman–Crippen MR) is 53.3 cm³/mol. The summed E-state index contributed by atoms with van der Waals surface area (Å²) < 4.78 is 35.2. The first-order valence-electron chi connectivity index (χ1n) is 4.95. The molecule has 0 heterocycles. The molecule has 0 spiro atoms. The van der Waals surface area contributed by atoms with Crippen molar-refractivity contribution in [2.45, 2.75) is 31.9 Å². The van der Waals surface area contributed by atoms with Crippen molar-refractivity contribution in [2.75, 3.05) is 6.54 Å². The van der Waals surface area contributed by atoms with Crippen molar-refractivity contribution in [3.8, 4) is 0 Å². The molecule has 0 rings (SSSR count). The average Bonchev–Trinajstić information content (AvgIpc) is 2.21. The number of alkyl halides is 3. The Kier molecular flexibility index (Phi) is 6.70. The lowest BCUT2D eigenvalue weighted by atomic mass is 10.2. The molecular formula is C9H13F3N3O2+. The summed E-state index contributed by atoms with van der Waals surface area (Å²) in [6.07, 6.45) is -2.24. The zero-order valence-electron chi connectivity index (χ0n) is 9.00. The van der Waals surface area contributed by atoms with Gasteiger partial charge in [-0.3, -0.25) is 4.79 Å². The van der Waals surface area contributed by atoms with Gasteiger partial charge in [0.2, 0.25) is 5.39 Å². The van der Waals surface area contributed by atoms with Crippen LogP contribution < -0.4 is 5.32 Å². The minimum Gasteiger partial charge on any atom is -0.505 e. The Labute approximate surface area is 95.9 Å². The van der Waals surface area contributed by atoms with Crippen LogP contribution in [0.5, 0.6) is 0 Å². The maximum Gasteiger partial charge on any atom is 0.471 e. The van der Waals surface area contributed by atoms with Gasteiger partial charge in [-0.2, -0.15) is 13.2 Å². The topological polar surface area (TPSA) is 77.5 Å². The molecule has 0 fully saturated rings. The van der Waals surface area contributed by atoms with Crippen molar-refractivity contribution in [3.05, 3.63) is 16.9 Å². The van der Waals surface area contributed by atoms with E-state index >= 15 is 0 Å². The minimum atomic E-state index is -4.84. The summed E-state index contributed by atoms with van der Waals surface area (Å²) in [6.45, 7) is -0.0623. The Balaban J connectivity index is 3.52. The van der Waals surface area contributed by atoms with Gasteiger partial charge in [-0.05, 0) is 12.8 Å². The van der Waals surface area contributed by atoms with Gasteiger partial charge in [0.25, 0.3) is 0 Å². The van der Waals surface area contributed by atoms with Crippen LogP contribution in [0.1, 0.15) is 25.7 Å². The number of aliphatic hydroxyl groups is 1. The summed E-state index contributed by atoms with van der Waals surface area (Å²) in [6, 6.07) is 0. The number of carbonyl (C=O) groups excluding carboxylic acids is 1. The molecule has 0 saturated carbocycles. The molecule has 5 nitrogen and oxygen atoms in total. The van der Waals surface area contributed by atoms with E-state index in [2.05, 4.69) is 4.98 Å². The number of carbonyl (C=O) groups is 1. The highest BCUT2D eigenvalue weighted by Gasteiger charge is 2.38. The third-order valence-corrected chi connectivity index (χ3v) is 1.86. The summed E-state index contributed by atoms with van der Waals surface area (Å²) in [5.74, 6) is -2.05. The van der Waals surface area contributed by atoms with Gasteiger partial charge in [-0.1, -0.05) is 6.42 Å². The minimum absolute atomic E-state index is 0.0623. The normalized spacial score (nSPS) is 12.0. The summed E-state index contributed by atoms with van der Waals surface area (Å²) in [5.41, 5.74) is 0. The van der Waals surface area contributed by atoms with Crippen LogP contribution in [0.4, 0.5) is 13.2 Å². The number of nitrogens with one attached hydrogen (secondary N) is 1. The van der Waals surface area contributed by atoms with E-state index in [1.165, 1.54) is 0 Å². The third kappa shape index (κ3) is 8.07. The van der Waals surface area contributed by atoms with Crippen molar-refractivity contribution in [3.63, 3.8) is 0 Å². The van der Waals surface area contributed by atoms with Crippen LogP contribution >= 0.6 is 0 Å². The third-order valence-electron chi connectivity index (χ3n) is 1.86. The number of diazo groups is 1. The molecule has 0 aliphatic rings. The number of unbranched alkanes of at least 4 members (excludes halogenated alkanes) is 2. The molecule has 1 amide bonds. The molecule has 96 valence electrons. The van der Waals surface area contributed by atoms with Crippen molar-refractivity contribution in [1.29, 1.82) is 5.39 Å². The van der Waals surface area contributed by atoms with E-state index in [0.717, 1.165) is 6.20 Å². The van der Waals surface area contributed by atoms with Gasteiger partial charge in [-0.25, -0.2) is 0 Å². The standard InChI is InChI=1S/C9H12F3N3O2/c10-9(11,12)8(17)14-5-3-1-2-4-7(16)6-15-13/h6H,1-5H2,(H-,14,16,17)/p+1/b7-6-. The van der Waals surface area contributed by atoms with Crippen molar-refractivity contribution < 1.29 is 23.1 Å². The number of hydrogen-bond acceptors (Lipinski definition) is 3. The Morgan fingerprint density at radius 2 is 2.00 bits per heavy atom. The maximum absolute atomic E-state index is 11.7. The second-order valence-corrected chi connectivity index (χ2v) is 3.30. The molecule has 0 aromatic rings. The van der Waals surface area contributed by atoms with Gasteiger partial charge in [0, 0.05) is 13.0 Å². The van der Waals surface area contributed by atoms with Crippen LogP contribution in [0.3, 0.4) is 0 Å². The van der Waals surface area contributed by atoms with Crippen molar-refractivity contribution in [1.82, 2.24) is 5.32 Å². The van der Waals surface area contributed by atoms with Crippen LogP contribution in [0.2, 0.25) is 0 Å². The van der Waals surface area contributed by atoms with Gasteiger partial charge in [0.15, 0.2) is 10.7 Å². The summed E-state index contributed by atoms with van der Waals surface area (Å²) in [7, 11) is 0. The summed E-state index contributed by atoms with van der Waals surface area (Å²) in [4.78, 5) is 13.0. The molecule has 0 radical (unpaired) electrons. The smallest absolute Gasteiger partial charge is 0.471 e. The molecular weight excluding hydrogens is 239 g/mol. The second kappa shape index (κ2) is 7.49. The summed E-state index contributed by atoms with van der Waals surface area (Å²) in [5, 5.41) is 18.8. The largest absolute Gasteiger partial charge is 0.505 e. The quantitative estimate of drug-likeness (QED) is 0.433. The fraction of sp³-hybridized carbons (Fsp3) is 0.667. The Morgan fingerprint density at radius 1 is 1.35 bits per heavy atom. The SMILES string of the molecule is N#[N+]/C=C(\O)CCCCCNC(=O)C(F)(F)F. The monoisotopic (exact) mass is 252 g/mol. The number of allylic oxidation sites excluding steroid dienone is 1. The molecule has 0 unspecified atom stereocenters. The molecule has 2 N–H and O–H groups in total. The number of nitrogens with zero attached hydrogens (tertiary/aromatic N) is 2. The van der Waals surface area contributed by atoms with E-state index in [9.17, 15) is 18.0 Å². The summed E-state index contributed by atoms with van der Waals surface area (Å²) >= 11 is 0. The van der Waals surface area contributed by atoms with Crippen LogP contribution in [0.25, 0.3) is 4.98 Å². The zero-order valence-corrected chi connectivity index (χ0v) is 9.00. The van der Waals surface area contributed by atoms with Crippen LogP contribution in [-0.4, -0.2) is 23.7 Å². The number of rotatable bonds is 6. The second-order valence-electron chi connectivity index (χ2n) is 3.30. The Morgan fingerprint density at radius 3 is 2.53 bits per heavy atom. The van der Waals surface area contributed by atoms with Gasteiger partial charge < -0.3 is 10.4 Å². The Bertz CT molecular complexity index is 320. The van der Waals surface area contributed by atoms with E-state index < -0.39 is 12.1 Å². The van der Waals surface area contributed by atoms with Crippen LogP contribution in [-0.2, 0) is 4.79 Å². The van der Waals surface area contributed by atoms with Crippen molar-refractivity contribution in [2.24, 2.45) is 0 Å². The van der Waals surface area contributed by atoms with Gasteiger partial charge in [-0.15, -0.1) is 0 Å². The molecule has 0 aliphatic carbocycles. The maximum atomic E-state index is 11.7. The average molecular weight is 252 g/mol. The first kappa shape index (κ1) is 15.2. The van der Waals surface area contributed by atoms with Gasteiger partial charge >= 0.3 is 18.3 Å². The highest BCUT2D eigenvalue weighted by Crippen LogP contribution is 2.14. The molecule has 0 aliphatic heterocycles. The number of halogens is 3. The molecule has 0 bridgehead atoms. The zero-order chi connectivity index (χ0) is 13.3.